The quantitative estimate of drug-likeness (QED) is 0.410. The maximum atomic E-state index is 13.5. The first-order valence-corrected chi connectivity index (χ1v) is 13.5. The first-order valence-electron chi connectivity index (χ1n) is 12.1. The highest BCUT2D eigenvalue weighted by Crippen LogP contribution is 2.33. The molecule has 1 aliphatic heterocycles. The predicted octanol–water partition coefficient (Wildman–Crippen LogP) is 3.02. The van der Waals surface area contributed by atoms with E-state index in [0.29, 0.717) is 48.5 Å². The minimum absolute atomic E-state index is 0.120. The van der Waals surface area contributed by atoms with Crippen LogP contribution in [0.4, 0.5) is 5.82 Å². The second-order valence-corrected chi connectivity index (χ2v) is 11.4. The Kier molecular flexibility index (Phi) is 6.57. The van der Waals surface area contributed by atoms with Crippen LogP contribution >= 0.6 is 0 Å². The number of hydrogen-bond donors (Lipinski definition) is 1. The number of piperidine rings is 1. The van der Waals surface area contributed by atoms with E-state index < -0.39 is 10.0 Å². The van der Waals surface area contributed by atoms with E-state index >= 15 is 0 Å². The molecule has 5 rings (SSSR count). The molecule has 184 valence electrons. The SMILES string of the molecule is [B]c1cnn2c(NCc3cccnc3)cc(C3CCN(S(=O)(=O)c4c(C)cc(C)cc4C)CC3)nc12. The second-order valence-electron chi connectivity index (χ2n) is 9.52. The molecule has 1 aliphatic rings. The van der Waals surface area contributed by atoms with Crippen LogP contribution in [0, 0.1) is 20.8 Å². The van der Waals surface area contributed by atoms with Gasteiger partial charge in [0.05, 0.1) is 4.90 Å². The minimum Gasteiger partial charge on any atom is -0.366 e. The fraction of sp³-hybridized carbons (Fsp3) is 0.346. The first kappa shape index (κ1) is 24.5. The van der Waals surface area contributed by atoms with Gasteiger partial charge in [0.25, 0.3) is 0 Å². The van der Waals surface area contributed by atoms with Crippen LogP contribution in [0.1, 0.15) is 46.7 Å². The summed E-state index contributed by atoms with van der Waals surface area (Å²) in [5, 5.41) is 7.81. The number of fused-ring (bicyclic) bond motifs is 1. The van der Waals surface area contributed by atoms with E-state index in [-0.39, 0.29) is 5.92 Å². The summed E-state index contributed by atoms with van der Waals surface area (Å²) < 4.78 is 30.3. The maximum Gasteiger partial charge on any atom is 0.243 e. The lowest BCUT2D eigenvalue weighted by molar-refractivity contribution is 0.316. The minimum atomic E-state index is -3.57. The van der Waals surface area contributed by atoms with Gasteiger partial charge in [-0.3, -0.25) is 4.98 Å². The number of aryl methyl sites for hydroxylation is 3. The van der Waals surface area contributed by atoms with Gasteiger partial charge in [-0.25, -0.2) is 13.4 Å². The summed E-state index contributed by atoms with van der Waals surface area (Å²) in [6.45, 7) is 7.19. The van der Waals surface area contributed by atoms with Crippen molar-refractivity contribution in [1.82, 2.24) is 23.9 Å². The molecule has 0 spiro atoms. The largest absolute Gasteiger partial charge is 0.366 e. The predicted molar refractivity (Wildman–Crippen MR) is 141 cm³/mol. The van der Waals surface area contributed by atoms with Crippen molar-refractivity contribution in [3.8, 4) is 0 Å². The fourth-order valence-corrected chi connectivity index (χ4v) is 7.01. The molecule has 1 N–H and O–H groups in total. The lowest BCUT2D eigenvalue weighted by Gasteiger charge is -2.32. The number of nitrogens with zero attached hydrogens (tertiary/aromatic N) is 5. The van der Waals surface area contributed by atoms with Crippen LogP contribution in [0.25, 0.3) is 5.65 Å². The van der Waals surface area contributed by atoms with Gasteiger partial charge in [0.1, 0.15) is 19.3 Å². The number of hydrogen-bond acceptors (Lipinski definition) is 6. The van der Waals surface area contributed by atoms with Crippen LogP contribution in [0.5, 0.6) is 0 Å². The van der Waals surface area contributed by atoms with Crippen molar-refractivity contribution in [3.63, 3.8) is 0 Å². The zero-order chi connectivity index (χ0) is 25.4. The van der Waals surface area contributed by atoms with E-state index in [1.165, 1.54) is 0 Å². The Labute approximate surface area is 213 Å². The maximum absolute atomic E-state index is 13.5. The molecule has 0 unspecified atom stereocenters. The topological polar surface area (TPSA) is 92.5 Å². The van der Waals surface area contributed by atoms with E-state index in [9.17, 15) is 8.42 Å². The second kappa shape index (κ2) is 9.67. The van der Waals surface area contributed by atoms with E-state index in [2.05, 4.69) is 15.4 Å². The highest BCUT2D eigenvalue weighted by atomic mass is 32.2. The molecule has 0 saturated carbocycles. The highest BCUT2D eigenvalue weighted by Gasteiger charge is 2.32. The Morgan fingerprint density at radius 2 is 1.81 bits per heavy atom. The van der Waals surface area contributed by atoms with Crippen molar-refractivity contribution in [2.45, 2.75) is 51.0 Å². The molecule has 0 bridgehead atoms. The summed E-state index contributed by atoms with van der Waals surface area (Å²) in [6, 6.07) is 9.77. The lowest BCUT2D eigenvalue weighted by atomic mass is 9.94. The first-order chi connectivity index (χ1) is 17.2. The third kappa shape index (κ3) is 4.63. The third-order valence-electron chi connectivity index (χ3n) is 6.79. The van der Waals surface area contributed by atoms with Crippen molar-refractivity contribution in [2.24, 2.45) is 0 Å². The van der Waals surface area contributed by atoms with Gasteiger partial charge in [0.2, 0.25) is 10.0 Å². The number of anilines is 1. The van der Waals surface area contributed by atoms with Crippen molar-refractivity contribution in [1.29, 1.82) is 0 Å². The van der Waals surface area contributed by atoms with E-state index in [1.807, 2.05) is 57.3 Å². The van der Waals surface area contributed by atoms with Crippen LogP contribution in [0.2, 0.25) is 0 Å². The Morgan fingerprint density at radius 1 is 1.08 bits per heavy atom. The van der Waals surface area contributed by atoms with E-state index in [1.54, 1.807) is 21.2 Å². The van der Waals surface area contributed by atoms with Crippen LogP contribution in [0.3, 0.4) is 0 Å². The van der Waals surface area contributed by atoms with Gasteiger partial charge in [0, 0.05) is 55.9 Å². The van der Waals surface area contributed by atoms with Crippen LogP contribution < -0.4 is 10.8 Å². The van der Waals surface area contributed by atoms with Gasteiger partial charge < -0.3 is 5.32 Å². The summed E-state index contributed by atoms with van der Waals surface area (Å²) in [5.74, 6) is 0.909. The molecule has 0 atom stereocenters. The lowest BCUT2D eigenvalue weighted by Crippen LogP contribution is -2.38. The number of pyridine rings is 1. The zero-order valence-corrected chi connectivity index (χ0v) is 21.6. The van der Waals surface area contributed by atoms with Gasteiger partial charge in [-0.1, -0.05) is 23.8 Å². The van der Waals surface area contributed by atoms with Gasteiger partial charge in [0.15, 0.2) is 0 Å². The molecule has 1 fully saturated rings. The number of rotatable bonds is 6. The Bertz CT molecular complexity index is 1490. The number of aromatic nitrogens is 4. The number of benzene rings is 1. The molecule has 4 heterocycles. The highest BCUT2D eigenvalue weighted by molar-refractivity contribution is 7.89. The van der Waals surface area contributed by atoms with E-state index in [4.69, 9.17) is 12.8 Å². The summed E-state index contributed by atoms with van der Waals surface area (Å²) >= 11 is 0. The number of nitrogens with one attached hydrogen (secondary N) is 1. The molecule has 2 radical (unpaired) electrons. The third-order valence-corrected chi connectivity index (χ3v) is 8.99. The Hall–Kier alpha value is -3.24. The molecular weight excluding hydrogens is 471 g/mol. The average molecular weight is 500 g/mol. The average Bonchev–Trinajstić information content (AvgIpc) is 3.23. The summed E-state index contributed by atoms with van der Waals surface area (Å²) in [5.41, 5.74) is 5.70. The van der Waals surface area contributed by atoms with Crippen LogP contribution in [-0.2, 0) is 16.6 Å². The standard InChI is InChI=1S/C26H29BN6O2S/c1-17-11-18(2)25(19(3)12-17)36(34,35)32-9-6-21(7-10-32)23-13-24(29-15-20-5-4-8-28-14-20)33-26(31-23)22(27)16-30-33/h4-5,8,11-14,16,21,29H,6-7,9-10,15H2,1-3H3. The number of sulfonamides is 1. The molecule has 36 heavy (non-hydrogen) atoms. The van der Waals surface area contributed by atoms with E-state index in [0.717, 1.165) is 33.8 Å². The molecule has 10 heteroatoms. The van der Waals surface area contributed by atoms with Gasteiger partial charge >= 0.3 is 0 Å². The van der Waals surface area contributed by atoms with Crippen molar-refractivity contribution in [2.75, 3.05) is 18.4 Å². The summed E-state index contributed by atoms with van der Waals surface area (Å²) in [4.78, 5) is 9.41. The fourth-order valence-electron chi connectivity index (χ4n) is 5.12. The molecule has 3 aromatic heterocycles. The van der Waals surface area contributed by atoms with Crippen molar-refractivity contribution < 1.29 is 8.42 Å². The Balaban J connectivity index is 1.37. The molecule has 4 aromatic rings. The van der Waals surface area contributed by atoms with Gasteiger partial charge in [-0.05, 0) is 61.8 Å². The van der Waals surface area contributed by atoms with Crippen LogP contribution in [0.15, 0.2) is 53.8 Å². The zero-order valence-electron chi connectivity index (χ0n) is 20.8. The molecule has 8 nitrogen and oxygen atoms in total. The van der Waals surface area contributed by atoms with Crippen LogP contribution in [-0.4, -0.2) is 53.2 Å². The van der Waals surface area contributed by atoms with Crippen molar-refractivity contribution >= 4 is 34.8 Å². The summed E-state index contributed by atoms with van der Waals surface area (Å²) in [6.07, 6.45) is 6.53. The van der Waals surface area contributed by atoms with Crippen molar-refractivity contribution in [3.05, 3.63) is 76.9 Å². The monoisotopic (exact) mass is 500 g/mol. The van der Waals surface area contributed by atoms with Gasteiger partial charge in [-0.15, -0.1) is 0 Å². The molecule has 0 aliphatic carbocycles. The molecule has 1 aromatic carbocycles. The summed E-state index contributed by atoms with van der Waals surface area (Å²) in [7, 11) is 2.60. The smallest absolute Gasteiger partial charge is 0.243 e. The molecular formula is C26H29BN6O2S. The molecule has 0 amide bonds. The Morgan fingerprint density at radius 3 is 2.47 bits per heavy atom. The normalized spacial score (nSPS) is 15.4. The molecule has 1 saturated heterocycles. The van der Waals surface area contributed by atoms with Gasteiger partial charge in [-0.2, -0.15) is 13.9 Å².